The molecule has 6 nitrogen and oxygen atoms in total. The van der Waals surface area contributed by atoms with Crippen molar-refractivity contribution in [2.75, 3.05) is 11.1 Å². The molecule has 0 spiro atoms. The van der Waals surface area contributed by atoms with Gasteiger partial charge in [-0.1, -0.05) is 17.7 Å². The molecule has 1 heterocycles. The Hall–Kier alpha value is -1.73. The van der Waals surface area contributed by atoms with E-state index in [0.717, 1.165) is 5.56 Å². The van der Waals surface area contributed by atoms with E-state index in [9.17, 15) is 14.4 Å². The van der Waals surface area contributed by atoms with Crippen LogP contribution in [0.25, 0.3) is 0 Å². The summed E-state index contributed by atoms with van der Waals surface area (Å²) in [5.74, 6) is -1.57. The monoisotopic (exact) mass is 342 g/mol. The number of hydrogen-bond donors (Lipinski definition) is 3. The van der Waals surface area contributed by atoms with E-state index >= 15 is 0 Å². The lowest BCUT2D eigenvalue weighted by Gasteiger charge is -2.25. The van der Waals surface area contributed by atoms with E-state index in [-0.39, 0.29) is 18.1 Å². The summed E-state index contributed by atoms with van der Waals surface area (Å²) in [6, 6.07) is 4.27. The quantitative estimate of drug-likeness (QED) is 0.773. The van der Waals surface area contributed by atoms with Gasteiger partial charge in [0.1, 0.15) is 6.04 Å². The number of aryl methyl sites for hydroxylation is 1. The number of nitrogens with one attached hydrogen (secondary N) is 2. The van der Waals surface area contributed by atoms with Gasteiger partial charge < -0.3 is 15.7 Å². The molecule has 0 radical (unpaired) electrons. The molecule has 0 aliphatic carbocycles. The fraction of sp³-hybridized carbons (Fsp3) is 0.357. The summed E-state index contributed by atoms with van der Waals surface area (Å²) in [5, 5.41) is 13.9. The summed E-state index contributed by atoms with van der Waals surface area (Å²) in [5.41, 5.74) is 1.46. The molecule has 1 aromatic carbocycles. The molecule has 0 bridgehead atoms. The fourth-order valence-electron chi connectivity index (χ4n) is 1.93. The van der Waals surface area contributed by atoms with E-state index in [4.69, 9.17) is 16.7 Å². The molecular weight excluding hydrogens is 328 g/mol. The summed E-state index contributed by atoms with van der Waals surface area (Å²) in [6.07, 6.45) is -0.0195. The van der Waals surface area contributed by atoms with Crippen molar-refractivity contribution in [3.05, 3.63) is 28.8 Å². The number of carboxylic acid groups (broad SMARTS) is 1. The van der Waals surface area contributed by atoms with E-state index < -0.39 is 23.2 Å². The van der Waals surface area contributed by atoms with E-state index in [1.807, 2.05) is 6.92 Å². The number of carbonyl (C=O) groups is 3. The first kappa shape index (κ1) is 16.6. The van der Waals surface area contributed by atoms with Crippen LogP contribution in [0.15, 0.2) is 18.2 Å². The highest BCUT2D eigenvalue weighted by atomic mass is 35.5. The highest BCUT2D eigenvalue weighted by Gasteiger charge is 2.33. The average molecular weight is 343 g/mol. The van der Waals surface area contributed by atoms with Crippen LogP contribution in [-0.4, -0.2) is 39.9 Å². The van der Waals surface area contributed by atoms with Gasteiger partial charge in [0.15, 0.2) is 0 Å². The Bertz CT molecular complexity index is 623. The molecule has 3 N–H and O–H groups in total. The zero-order valence-corrected chi connectivity index (χ0v) is 13.3. The Balaban J connectivity index is 1.91. The Labute approximate surface area is 136 Å². The molecule has 1 saturated heterocycles. The Morgan fingerprint density at radius 1 is 1.50 bits per heavy atom. The number of anilines is 1. The van der Waals surface area contributed by atoms with Gasteiger partial charge in [-0.3, -0.25) is 9.59 Å². The predicted molar refractivity (Wildman–Crippen MR) is 85.2 cm³/mol. The van der Waals surface area contributed by atoms with Gasteiger partial charge in [-0.15, -0.1) is 11.8 Å². The number of hydrogen-bond acceptors (Lipinski definition) is 4. The molecule has 1 fully saturated rings. The van der Waals surface area contributed by atoms with Crippen molar-refractivity contribution >= 4 is 46.8 Å². The van der Waals surface area contributed by atoms with Gasteiger partial charge in [0.05, 0.1) is 5.25 Å². The predicted octanol–water partition coefficient (Wildman–Crippen LogP) is 1.66. The van der Waals surface area contributed by atoms with Crippen LogP contribution in [0.4, 0.5) is 5.69 Å². The first-order valence-corrected chi connectivity index (χ1v) is 8.00. The van der Waals surface area contributed by atoms with Gasteiger partial charge in [-0.25, -0.2) is 4.79 Å². The maximum Gasteiger partial charge on any atom is 0.327 e. The smallest absolute Gasteiger partial charge is 0.327 e. The largest absolute Gasteiger partial charge is 0.480 e. The minimum Gasteiger partial charge on any atom is -0.480 e. The topological polar surface area (TPSA) is 95.5 Å². The normalized spacial score (nSPS) is 21.1. The second-order valence-electron chi connectivity index (χ2n) is 4.94. The van der Waals surface area contributed by atoms with Crippen molar-refractivity contribution in [3.8, 4) is 0 Å². The molecule has 118 valence electrons. The lowest BCUT2D eigenvalue weighted by molar-refractivity contribution is -0.141. The van der Waals surface area contributed by atoms with Gasteiger partial charge in [0.2, 0.25) is 11.8 Å². The number of carbonyl (C=O) groups excluding carboxylic acids is 2. The molecule has 0 saturated carbocycles. The third-order valence-corrected chi connectivity index (χ3v) is 4.91. The van der Waals surface area contributed by atoms with Crippen molar-refractivity contribution in [2.45, 2.75) is 24.6 Å². The zero-order chi connectivity index (χ0) is 16.3. The van der Waals surface area contributed by atoms with Crippen LogP contribution in [0.2, 0.25) is 5.02 Å². The minimum absolute atomic E-state index is 0.0195. The maximum absolute atomic E-state index is 12.0. The second kappa shape index (κ2) is 7.02. The van der Waals surface area contributed by atoms with E-state index in [0.29, 0.717) is 10.7 Å². The van der Waals surface area contributed by atoms with Crippen molar-refractivity contribution in [2.24, 2.45) is 0 Å². The molecular formula is C14H15ClN2O4S. The van der Waals surface area contributed by atoms with Crippen molar-refractivity contribution in [3.63, 3.8) is 0 Å². The van der Waals surface area contributed by atoms with Crippen molar-refractivity contribution in [1.82, 2.24) is 5.32 Å². The summed E-state index contributed by atoms with van der Waals surface area (Å²) in [4.78, 5) is 34.6. The van der Waals surface area contributed by atoms with Gasteiger partial charge in [0.25, 0.3) is 0 Å². The summed E-state index contributed by atoms with van der Waals surface area (Å²) < 4.78 is 0. The van der Waals surface area contributed by atoms with E-state index in [2.05, 4.69) is 10.6 Å². The molecule has 1 aliphatic heterocycles. The highest BCUT2D eigenvalue weighted by molar-refractivity contribution is 8.00. The number of amides is 2. The average Bonchev–Trinajstić information content (AvgIpc) is 2.45. The Morgan fingerprint density at radius 2 is 2.23 bits per heavy atom. The maximum atomic E-state index is 12.0. The van der Waals surface area contributed by atoms with Gasteiger partial charge in [0, 0.05) is 22.9 Å². The van der Waals surface area contributed by atoms with Crippen LogP contribution in [-0.2, 0) is 14.4 Å². The van der Waals surface area contributed by atoms with Crippen LogP contribution in [0, 0.1) is 6.92 Å². The van der Waals surface area contributed by atoms with E-state index in [1.165, 1.54) is 11.8 Å². The number of aliphatic carboxylic acids is 1. The first-order valence-electron chi connectivity index (χ1n) is 6.57. The number of rotatable bonds is 4. The van der Waals surface area contributed by atoms with Gasteiger partial charge in [-0.05, 0) is 24.6 Å². The van der Waals surface area contributed by atoms with Gasteiger partial charge >= 0.3 is 5.97 Å². The van der Waals surface area contributed by atoms with Crippen LogP contribution >= 0.6 is 23.4 Å². The molecule has 2 rings (SSSR count). The molecule has 8 heteroatoms. The molecule has 1 aliphatic rings. The second-order valence-corrected chi connectivity index (χ2v) is 6.58. The first-order chi connectivity index (χ1) is 10.4. The SMILES string of the molecule is Cc1ccc(NC(=O)C[C@@H]2SC[C@@H](C(=O)O)NC2=O)cc1Cl. The van der Waals surface area contributed by atoms with Crippen LogP contribution in [0.3, 0.4) is 0 Å². The number of carboxylic acids is 1. The van der Waals surface area contributed by atoms with Crippen LogP contribution in [0.5, 0.6) is 0 Å². The summed E-state index contributed by atoms with van der Waals surface area (Å²) in [7, 11) is 0. The molecule has 2 atom stereocenters. The number of benzene rings is 1. The fourth-order valence-corrected chi connectivity index (χ4v) is 3.25. The molecule has 2 amide bonds. The highest BCUT2D eigenvalue weighted by Crippen LogP contribution is 2.23. The Kier molecular flexibility index (Phi) is 5.31. The lowest BCUT2D eigenvalue weighted by atomic mass is 10.2. The third-order valence-electron chi connectivity index (χ3n) is 3.20. The van der Waals surface area contributed by atoms with Crippen molar-refractivity contribution in [1.29, 1.82) is 0 Å². The van der Waals surface area contributed by atoms with Crippen LogP contribution < -0.4 is 10.6 Å². The standard InChI is InChI=1S/C14H15ClN2O4S/c1-7-2-3-8(4-9(7)15)16-12(18)5-11-13(19)17-10(6-22-11)14(20)21/h2-4,10-11H,5-6H2,1H3,(H,16,18)(H,17,19)(H,20,21)/t10-,11-/m0/s1. The lowest BCUT2D eigenvalue weighted by Crippen LogP contribution is -2.51. The molecule has 0 aromatic heterocycles. The zero-order valence-electron chi connectivity index (χ0n) is 11.8. The van der Waals surface area contributed by atoms with Crippen LogP contribution in [0.1, 0.15) is 12.0 Å². The summed E-state index contributed by atoms with van der Waals surface area (Å²) in [6.45, 7) is 1.86. The van der Waals surface area contributed by atoms with E-state index in [1.54, 1.807) is 18.2 Å². The van der Waals surface area contributed by atoms with Gasteiger partial charge in [-0.2, -0.15) is 0 Å². The summed E-state index contributed by atoms with van der Waals surface area (Å²) >= 11 is 7.16. The number of halogens is 1. The minimum atomic E-state index is -1.07. The van der Waals surface area contributed by atoms with Crippen molar-refractivity contribution < 1.29 is 19.5 Å². The molecule has 0 unspecified atom stereocenters. The third kappa shape index (κ3) is 4.14. The molecule has 1 aromatic rings. The molecule has 22 heavy (non-hydrogen) atoms. The Morgan fingerprint density at radius 3 is 2.82 bits per heavy atom. The number of thioether (sulfide) groups is 1.